The second-order valence-corrected chi connectivity index (χ2v) is 3.80. The first-order valence-electron chi connectivity index (χ1n) is 4.26. The van der Waals surface area contributed by atoms with Crippen LogP contribution in [-0.4, -0.2) is 11.7 Å². The molecule has 0 aliphatic carbocycles. The van der Waals surface area contributed by atoms with E-state index in [4.69, 9.17) is 4.74 Å². The average molecular weight is 212 g/mol. The molecule has 0 saturated heterocycles. The van der Waals surface area contributed by atoms with Gasteiger partial charge in [0.1, 0.15) is 5.75 Å². The fraction of sp³-hybridized carbons (Fsp3) is 0.200. The Labute approximate surface area is 84.6 Å². The van der Waals surface area contributed by atoms with Crippen LogP contribution >= 0.6 is 11.3 Å². The number of aromatic hydroxyl groups is 1. The van der Waals surface area contributed by atoms with Crippen molar-refractivity contribution in [2.75, 3.05) is 6.61 Å². The minimum absolute atomic E-state index is 0.0396. The molecule has 74 valence electrons. The van der Waals surface area contributed by atoms with E-state index >= 15 is 0 Å². The fourth-order valence-electron chi connectivity index (χ4n) is 1.30. The third kappa shape index (κ3) is 1.32. The molecule has 0 aliphatic rings. The lowest BCUT2D eigenvalue weighted by atomic mass is 10.2. The van der Waals surface area contributed by atoms with Gasteiger partial charge in [0, 0.05) is 4.70 Å². The number of hydrogen-bond donors (Lipinski definition) is 1. The molecular weight excluding hydrogens is 203 g/mol. The molecule has 1 N–H and O–H groups in total. The van der Waals surface area contributed by atoms with Gasteiger partial charge in [-0.05, 0) is 19.1 Å². The normalized spacial score (nSPS) is 10.7. The molecule has 0 aliphatic heterocycles. The van der Waals surface area contributed by atoms with Crippen LogP contribution in [0.5, 0.6) is 10.8 Å². The number of benzene rings is 1. The van der Waals surface area contributed by atoms with Crippen molar-refractivity contribution in [1.29, 1.82) is 0 Å². The Hall–Kier alpha value is -1.29. The zero-order valence-corrected chi connectivity index (χ0v) is 8.40. The summed E-state index contributed by atoms with van der Waals surface area (Å²) in [6.07, 6.45) is 0. The number of rotatable bonds is 2. The van der Waals surface area contributed by atoms with Gasteiger partial charge < -0.3 is 9.84 Å². The Balaban J connectivity index is 2.68. The van der Waals surface area contributed by atoms with Crippen LogP contribution in [0.3, 0.4) is 0 Å². The lowest BCUT2D eigenvalue weighted by Crippen LogP contribution is -1.89. The molecule has 0 radical (unpaired) electrons. The van der Waals surface area contributed by atoms with Crippen LogP contribution in [0.25, 0.3) is 10.1 Å². The van der Waals surface area contributed by atoms with E-state index in [0.29, 0.717) is 11.3 Å². The smallest absolute Gasteiger partial charge is 0.211 e. The molecule has 2 rings (SSSR count). The van der Waals surface area contributed by atoms with E-state index in [1.54, 1.807) is 19.1 Å². The summed E-state index contributed by atoms with van der Waals surface area (Å²) in [5.41, 5.74) is 0. The maximum absolute atomic E-state index is 13.6. The van der Waals surface area contributed by atoms with Gasteiger partial charge in [0.15, 0.2) is 5.82 Å². The van der Waals surface area contributed by atoms with Crippen LogP contribution in [-0.2, 0) is 0 Å². The summed E-state index contributed by atoms with van der Waals surface area (Å²) < 4.78 is 19.4. The van der Waals surface area contributed by atoms with E-state index in [1.807, 2.05) is 0 Å². The molecule has 1 heterocycles. The van der Waals surface area contributed by atoms with E-state index < -0.39 is 5.82 Å². The van der Waals surface area contributed by atoms with Crippen LogP contribution in [0.1, 0.15) is 6.92 Å². The van der Waals surface area contributed by atoms with Crippen LogP contribution in [0.2, 0.25) is 0 Å². The van der Waals surface area contributed by atoms with Crippen molar-refractivity contribution in [2.45, 2.75) is 6.92 Å². The third-order valence-electron chi connectivity index (χ3n) is 1.88. The zero-order valence-electron chi connectivity index (χ0n) is 7.58. The predicted molar refractivity (Wildman–Crippen MR) is 54.6 cm³/mol. The number of phenols is 1. The number of halogens is 1. The van der Waals surface area contributed by atoms with Crippen molar-refractivity contribution in [3.63, 3.8) is 0 Å². The van der Waals surface area contributed by atoms with Gasteiger partial charge in [0.25, 0.3) is 0 Å². The van der Waals surface area contributed by atoms with E-state index in [9.17, 15) is 9.50 Å². The molecule has 0 spiro atoms. The minimum atomic E-state index is -0.468. The van der Waals surface area contributed by atoms with Crippen LogP contribution < -0.4 is 4.74 Å². The molecule has 0 amide bonds. The Bertz CT molecular complexity index is 464. The summed E-state index contributed by atoms with van der Waals surface area (Å²) in [6.45, 7) is 2.22. The molecular formula is C10H9FO2S. The zero-order chi connectivity index (χ0) is 10.1. The van der Waals surface area contributed by atoms with Crippen molar-refractivity contribution in [3.8, 4) is 10.8 Å². The first kappa shape index (κ1) is 9.27. The predicted octanol–water partition coefficient (Wildman–Crippen LogP) is 3.14. The Morgan fingerprint density at radius 1 is 1.50 bits per heavy atom. The summed E-state index contributed by atoms with van der Waals surface area (Å²) in [5, 5.41) is 9.94. The lowest BCUT2D eigenvalue weighted by Gasteiger charge is -1.96. The van der Waals surface area contributed by atoms with Crippen molar-refractivity contribution in [3.05, 3.63) is 24.0 Å². The summed E-state index contributed by atoms with van der Waals surface area (Å²) in [7, 11) is 0. The van der Waals surface area contributed by atoms with Crippen molar-refractivity contribution < 1.29 is 14.2 Å². The van der Waals surface area contributed by atoms with Gasteiger partial charge in [-0.15, -0.1) is 0 Å². The molecule has 2 nitrogen and oxygen atoms in total. The van der Waals surface area contributed by atoms with Crippen molar-refractivity contribution in [2.24, 2.45) is 0 Å². The van der Waals surface area contributed by atoms with Gasteiger partial charge >= 0.3 is 0 Å². The first-order valence-corrected chi connectivity index (χ1v) is 5.08. The summed E-state index contributed by atoms with van der Waals surface area (Å²) >= 11 is 1.21. The Morgan fingerprint density at radius 3 is 2.93 bits per heavy atom. The molecule has 0 bridgehead atoms. The summed E-state index contributed by atoms with van der Waals surface area (Å²) in [6, 6.07) is 4.91. The topological polar surface area (TPSA) is 29.5 Å². The van der Waals surface area contributed by atoms with E-state index in [1.165, 1.54) is 17.4 Å². The number of fused-ring (bicyclic) bond motifs is 1. The van der Waals surface area contributed by atoms with Crippen molar-refractivity contribution in [1.82, 2.24) is 0 Å². The summed E-state index contributed by atoms with van der Waals surface area (Å²) in [5.74, 6) is -0.507. The first-order chi connectivity index (χ1) is 6.74. The SMILES string of the molecule is CCOc1sc2cccc(O)c2c1F. The number of phenolic OH excluding ortho intramolecular Hbond substituents is 1. The quantitative estimate of drug-likeness (QED) is 0.828. The number of thiophene rings is 1. The van der Waals surface area contributed by atoms with Crippen LogP contribution in [0.4, 0.5) is 4.39 Å². The second kappa shape index (κ2) is 3.46. The van der Waals surface area contributed by atoms with Gasteiger partial charge in [-0.3, -0.25) is 0 Å². The second-order valence-electron chi connectivity index (χ2n) is 2.79. The maximum Gasteiger partial charge on any atom is 0.211 e. The Morgan fingerprint density at radius 2 is 2.29 bits per heavy atom. The molecule has 0 unspecified atom stereocenters. The molecule has 0 fully saturated rings. The van der Waals surface area contributed by atoms with Gasteiger partial charge in [0.2, 0.25) is 5.06 Å². The van der Waals surface area contributed by atoms with Crippen LogP contribution in [0.15, 0.2) is 18.2 Å². The fourth-order valence-corrected chi connectivity index (χ4v) is 2.31. The molecule has 14 heavy (non-hydrogen) atoms. The van der Waals surface area contributed by atoms with E-state index in [0.717, 1.165) is 0 Å². The molecule has 2 aromatic rings. The molecule has 1 aromatic heterocycles. The number of ether oxygens (including phenoxy) is 1. The van der Waals surface area contributed by atoms with Gasteiger partial charge in [-0.2, -0.15) is 0 Å². The monoisotopic (exact) mass is 212 g/mol. The average Bonchev–Trinajstić information content (AvgIpc) is 2.46. The highest BCUT2D eigenvalue weighted by atomic mass is 32.1. The standard InChI is InChI=1S/C10H9FO2S/c1-2-13-10-9(11)8-6(12)4-3-5-7(8)14-10/h3-5,12H,2H2,1H3. The maximum atomic E-state index is 13.6. The van der Waals surface area contributed by atoms with Crippen LogP contribution in [0, 0.1) is 5.82 Å². The van der Waals surface area contributed by atoms with E-state index in [2.05, 4.69) is 0 Å². The molecule has 4 heteroatoms. The highest BCUT2D eigenvalue weighted by molar-refractivity contribution is 7.20. The van der Waals surface area contributed by atoms with Gasteiger partial charge in [-0.1, -0.05) is 17.4 Å². The summed E-state index contributed by atoms with van der Waals surface area (Å²) in [4.78, 5) is 0. The number of hydrogen-bond acceptors (Lipinski definition) is 3. The highest BCUT2D eigenvalue weighted by Crippen LogP contribution is 2.40. The van der Waals surface area contributed by atoms with E-state index in [-0.39, 0.29) is 16.2 Å². The largest absolute Gasteiger partial charge is 0.507 e. The molecule has 0 saturated carbocycles. The molecule has 1 aromatic carbocycles. The lowest BCUT2D eigenvalue weighted by molar-refractivity contribution is 0.333. The van der Waals surface area contributed by atoms with Gasteiger partial charge in [-0.25, -0.2) is 4.39 Å². The third-order valence-corrected chi connectivity index (χ3v) is 2.92. The van der Waals surface area contributed by atoms with Crippen molar-refractivity contribution >= 4 is 21.4 Å². The van der Waals surface area contributed by atoms with Gasteiger partial charge in [0.05, 0.1) is 12.0 Å². The Kier molecular flexibility index (Phi) is 2.29. The minimum Gasteiger partial charge on any atom is -0.507 e. The molecule has 0 atom stereocenters. The highest BCUT2D eigenvalue weighted by Gasteiger charge is 2.15.